The number of aromatic nitrogens is 2. The second-order valence-corrected chi connectivity index (χ2v) is 7.21. The van der Waals surface area contributed by atoms with Crippen molar-refractivity contribution in [2.75, 3.05) is 11.4 Å². The fourth-order valence-electron chi connectivity index (χ4n) is 3.23. The van der Waals surface area contributed by atoms with Crippen LogP contribution in [0, 0.1) is 0 Å². The lowest BCUT2D eigenvalue weighted by Crippen LogP contribution is -2.37. The number of rotatable bonds is 4. The summed E-state index contributed by atoms with van der Waals surface area (Å²) in [6.07, 6.45) is 6.36. The third-order valence-electron chi connectivity index (χ3n) is 4.58. The second kappa shape index (κ2) is 7.34. The number of para-hydroxylation sites is 1. The number of fused-ring (bicyclic) bond motifs is 1. The molecule has 4 heteroatoms. The SMILES string of the molecule is CCN1C(=Cc2ncc(-c3ccccc3)c[n+]2CC)Sc2ccccc21. The van der Waals surface area contributed by atoms with E-state index < -0.39 is 0 Å². The lowest BCUT2D eigenvalue weighted by Gasteiger charge is -2.17. The van der Waals surface area contributed by atoms with E-state index in [1.165, 1.54) is 21.2 Å². The number of anilines is 1. The van der Waals surface area contributed by atoms with Crippen LogP contribution >= 0.6 is 11.8 Å². The molecule has 3 nitrogen and oxygen atoms in total. The number of thioether (sulfide) groups is 1. The Morgan fingerprint density at radius 2 is 1.77 bits per heavy atom. The normalized spacial score (nSPS) is 14.7. The first-order valence-corrected chi connectivity index (χ1v) is 9.82. The summed E-state index contributed by atoms with van der Waals surface area (Å²) < 4.78 is 2.22. The van der Waals surface area contributed by atoms with Crippen molar-refractivity contribution >= 4 is 23.5 Å². The molecule has 0 saturated heterocycles. The molecule has 26 heavy (non-hydrogen) atoms. The number of benzene rings is 2. The van der Waals surface area contributed by atoms with Crippen LogP contribution in [0.25, 0.3) is 17.2 Å². The predicted octanol–water partition coefficient (Wildman–Crippen LogP) is 4.99. The van der Waals surface area contributed by atoms with Crippen LogP contribution < -0.4 is 9.47 Å². The molecule has 0 saturated carbocycles. The zero-order chi connectivity index (χ0) is 17.9. The first-order chi connectivity index (χ1) is 12.8. The number of hydrogen-bond donors (Lipinski definition) is 0. The van der Waals surface area contributed by atoms with E-state index in [4.69, 9.17) is 4.98 Å². The summed E-state index contributed by atoms with van der Waals surface area (Å²) in [5, 5.41) is 1.23. The molecule has 0 aliphatic carbocycles. The average Bonchev–Trinajstić information content (AvgIpc) is 3.06. The summed E-state index contributed by atoms with van der Waals surface area (Å²) >= 11 is 1.82. The smallest absolute Gasteiger partial charge is 0.325 e. The van der Waals surface area contributed by atoms with E-state index in [1.807, 2.05) is 24.0 Å². The summed E-state index contributed by atoms with van der Waals surface area (Å²) in [5.74, 6) is 0.987. The second-order valence-electron chi connectivity index (χ2n) is 6.15. The maximum atomic E-state index is 4.77. The van der Waals surface area contributed by atoms with E-state index in [1.54, 1.807) is 0 Å². The summed E-state index contributed by atoms with van der Waals surface area (Å²) in [6.45, 7) is 6.18. The quantitative estimate of drug-likeness (QED) is 0.612. The molecule has 0 spiro atoms. The van der Waals surface area contributed by atoms with Crippen molar-refractivity contribution in [2.45, 2.75) is 25.3 Å². The molecule has 0 unspecified atom stereocenters. The van der Waals surface area contributed by atoms with Crippen LogP contribution in [0.4, 0.5) is 5.69 Å². The summed E-state index contributed by atoms with van der Waals surface area (Å²) in [5.41, 5.74) is 3.62. The van der Waals surface area contributed by atoms with Crippen molar-refractivity contribution in [1.29, 1.82) is 0 Å². The van der Waals surface area contributed by atoms with Gasteiger partial charge in [-0.3, -0.25) is 0 Å². The Kier molecular flexibility index (Phi) is 4.76. The van der Waals surface area contributed by atoms with Crippen molar-refractivity contribution in [3.8, 4) is 11.1 Å². The third-order valence-corrected chi connectivity index (χ3v) is 5.69. The summed E-state index contributed by atoms with van der Waals surface area (Å²) in [6, 6.07) is 19.0. The highest BCUT2D eigenvalue weighted by Gasteiger charge is 2.25. The lowest BCUT2D eigenvalue weighted by atomic mass is 10.1. The highest BCUT2D eigenvalue weighted by atomic mass is 32.2. The molecule has 1 aliphatic heterocycles. The van der Waals surface area contributed by atoms with E-state index in [0.29, 0.717) is 0 Å². The third kappa shape index (κ3) is 3.13. The fourth-order valence-corrected chi connectivity index (χ4v) is 4.38. The molecule has 0 atom stereocenters. The van der Waals surface area contributed by atoms with Gasteiger partial charge in [0.1, 0.15) is 6.20 Å². The van der Waals surface area contributed by atoms with Gasteiger partial charge in [-0.1, -0.05) is 54.2 Å². The van der Waals surface area contributed by atoms with Crippen LogP contribution in [0.3, 0.4) is 0 Å². The minimum Gasteiger partial charge on any atom is -0.335 e. The number of aryl methyl sites for hydroxylation is 1. The van der Waals surface area contributed by atoms with Crippen LogP contribution in [0.1, 0.15) is 19.7 Å². The van der Waals surface area contributed by atoms with Crippen LogP contribution in [-0.4, -0.2) is 11.5 Å². The van der Waals surface area contributed by atoms with Gasteiger partial charge >= 0.3 is 5.82 Å². The fraction of sp³-hybridized carbons (Fsp3) is 0.182. The van der Waals surface area contributed by atoms with Gasteiger partial charge in [0.05, 0.1) is 28.9 Å². The molecule has 0 N–H and O–H groups in total. The average molecular weight is 361 g/mol. The van der Waals surface area contributed by atoms with Crippen LogP contribution in [-0.2, 0) is 6.54 Å². The molecule has 1 aliphatic rings. The minimum atomic E-state index is 0.885. The summed E-state index contributed by atoms with van der Waals surface area (Å²) in [4.78, 5) is 8.43. The molecule has 0 fully saturated rings. The Labute approximate surface area is 159 Å². The Morgan fingerprint density at radius 1 is 1.00 bits per heavy atom. The van der Waals surface area contributed by atoms with Gasteiger partial charge in [0.15, 0.2) is 6.20 Å². The van der Waals surface area contributed by atoms with Gasteiger partial charge in [-0.05, 0) is 36.5 Å². The minimum absolute atomic E-state index is 0.885. The molecular formula is C22H22N3S+. The van der Waals surface area contributed by atoms with Crippen molar-refractivity contribution in [2.24, 2.45) is 0 Å². The largest absolute Gasteiger partial charge is 0.335 e. The topological polar surface area (TPSA) is 20.0 Å². The lowest BCUT2D eigenvalue weighted by molar-refractivity contribution is -0.697. The van der Waals surface area contributed by atoms with Gasteiger partial charge in [0, 0.05) is 11.4 Å². The van der Waals surface area contributed by atoms with Gasteiger partial charge in [-0.25, -0.2) is 4.57 Å². The van der Waals surface area contributed by atoms with Crippen LogP contribution in [0.15, 0.2) is 76.9 Å². The van der Waals surface area contributed by atoms with Gasteiger partial charge in [0.2, 0.25) is 0 Å². The number of hydrogen-bond acceptors (Lipinski definition) is 3. The molecule has 3 aromatic rings. The molecule has 0 amide bonds. The molecular weight excluding hydrogens is 338 g/mol. The number of nitrogens with zero attached hydrogens (tertiary/aromatic N) is 3. The van der Waals surface area contributed by atoms with Crippen molar-refractivity contribution in [3.63, 3.8) is 0 Å². The Hall–Kier alpha value is -2.59. The van der Waals surface area contributed by atoms with Crippen molar-refractivity contribution in [1.82, 2.24) is 4.98 Å². The monoisotopic (exact) mass is 360 g/mol. The van der Waals surface area contributed by atoms with Crippen molar-refractivity contribution < 1.29 is 4.57 Å². The van der Waals surface area contributed by atoms with Crippen LogP contribution in [0.2, 0.25) is 0 Å². The molecule has 130 valence electrons. The van der Waals surface area contributed by atoms with Gasteiger partial charge in [-0.15, -0.1) is 0 Å². The Balaban J connectivity index is 1.71. The van der Waals surface area contributed by atoms with E-state index in [2.05, 4.69) is 84.1 Å². The molecule has 2 heterocycles. The van der Waals surface area contributed by atoms with Gasteiger partial charge in [0.25, 0.3) is 0 Å². The van der Waals surface area contributed by atoms with E-state index in [-0.39, 0.29) is 0 Å². The van der Waals surface area contributed by atoms with E-state index in [0.717, 1.165) is 24.5 Å². The van der Waals surface area contributed by atoms with Crippen LogP contribution in [0.5, 0.6) is 0 Å². The zero-order valence-corrected chi connectivity index (χ0v) is 15.9. The summed E-state index contributed by atoms with van der Waals surface area (Å²) in [7, 11) is 0. The molecule has 4 rings (SSSR count). The highest BCUT2D eigenvalue weighted by molar-refractivity contribution is 8.03. The Morgan fingerprint density at radius 3 is 2.54 bits per heavy atom. The standard InChI is InChI=1S/C22H22N3S/c1-3-24-16-18(17-10-6-5-7-11-17)15-23-21(24)14-22-25(4-2)19-12-8-9-13-20(19)26-22/h5-16H,3-4H2,1-2H3/q+1. The predicted molar refractivity (Wildman–Crippen MR) is 109 cm³/mol. The maximum absolute atomic E-state index is 4.77. The van der Waals surface area contributed by atoms with E-state index in [9.17, 15) is 0 Å². The first-order valence-electron chi connectivity index (χ1n) is 9.01. The molecule has 2 aromatic carbocycles. The van der Waals surface area contributed by atoms with E-state index >= 15 is 0 Å². The van der Waals surface area contributed by atoms with Crippen molar-refractivity contribution in [3.05, 3.63) is 77.8 Å². The maximum Gasteiger partial charge on any atom is 0.325 e. The highest BCUT2D eigenvalue weighted by Crippen LogP contribution is 2.45. The Bertz CT molecular complexity index is 951. The zero-order valence-electron chi connectivity index (χ0n) is 15.1. The van der Waals surface area contributed by atoms with Gasteiger partial charge < -0.3 is 4.90 Å². The molecule has 0 radical (unpaired) electrons. The first kappa shape index (κ1) is 16.9. The molecule has 1 aromatic heterocycles. The molecule has 0 bridgehead atoms. The van der Waals surface area contributed by atoms with Gasteiger partial charge in [-0.2, -0.15) is 0 Å².